The minimum Gasteiger partial charge on any atom is -0.494 e. The fraction of sp³-hybridized carbons (Fsp3) is 0.211. The average molecular weight is 402 g/mol. The molecule has 0 aliphatic carbocycles. The quantitative estimate of drug-likeness (QED) is 0.344. The van der Waals surface area contributed by atoms with E-state index in [0.717, 1.165) is 23.6 Å². The van der Waals surface area contributed by atoms with Crippen molar-refractivity contribution in [3.8, 4) is 5.75 Å². The van der Waals surface area contributed by atoms with Crippen molar-refractivity contribution in [2.45, 2.75) is 19.8 Å². The minimum atomic E-state index is -0.519. The zero-order valence-corrected chi connectivity index (χ0v) is 16.1. The standard InChI is InChI=1S/C19H16ClN3O3S/c1-2-3-9-25-13-6-4-12(5-7-13)17-21-14(18(24)26-17)11-15-16(20)22-19-23(15)8-10-27-19/h4-8,10-11H,2-3,9H2,1H3. The highest BCUT2D eigenvalue weighted by atomic mass is 35.5. The first-order valence-corrected chi connectivity index (χ1v) is 9.78. The summed E-state index contributed by atoms with van der Waals surface area (Å²) in [5, 5.41) is 2.21. The lowest BCUT2D eigenvalue weighted by molar-refractivity contribution is -0.129. The number of unbranched alkanes of at least 4 members (excludes halogenated alkanes) is 1. The lowest BCUT2D eigenvalue weighted by Gasteiger charge is -2.05. The highest BCUT2D eigenvalue weighted by Crippen LogP contribution is 2.26. The number of hydrogen-bond acceptors (Lipinski definition) is 6. The van der Waals surface area contributed by atoms with E-state index < -0.39 is 5.97 Å². The number of thiazole rings is 1. The molecule has 1 aliphatic rings. The van der Waals surface area contributed by atoms with Crippen LogP contribution >= 0.6 is 22.9 Å². The number of halogens is 1. The van der Waals surface area contributed by atoms with E-state index in [1.165, 1.54) is 11.3 Å². The fourth-order valence-electron chi connectivity index (χ4n) is 2.60. The lowest BCUT2D eigenvalue weighted by Crippen LogP contribution is -2.05. The smallest absolute Gasteiger partial charge is 0.363 e. The molecule has 0 atom stereocenters. The molecular weight excluding hydrogens is 386 g/mol. The van der Waals surface area contributed by atoms with Crippen LogP contribution in [0.25, 0.3) is 11.0 Å². The molecule has 0 spiro atoms. The first kappa shape index (κ1) is 17.8. The van der Waals surface area contributed by atoms with Crippen molar-refractivity contribution >= 4 is 45.8 Å². The molecule has 2 aromatic heterocycles. The molecule has 4 rings (SSSR count). The number of imidazole rings is 1. The summed E-state index contributed by atoms with van der Waals surface area (Å²) in [5.41, 5.74) is 1.49. The number of esters is 1. The Balaban J connectivity index is 1.58. The zero-order valence-electron chi connectivity index (χ0n) is 14.5. The third-order valence-corrected chi connectivity index (χ3v) is 5.05. The molecule has 1 aliphatic heterocycles. The van der Waals surface area contributed by atoms with Gasteiger partial charge in [-0.1, -0.05) is 24.9 Å². The van der Waals surface area contributed by atoms with Gasteiger partial charge in [0.25, 0.3) is 0 Å². The number of fused-ring (bicyclic) bond motifs is 1. The van der Waals surface area contributed by atoms with Crippen LogP contribution in [0.1, 0.15) is 31.0 Å². The van der Waals surface area contributed by atoms with Crippen LogP contribution in [-0.4, -0.2) is 27.9 Å². The molecule has 3 heterocycles. The first-order chi connectivity index (χ1) is 13.2. The Kier molecular flexibility index (Phi) is 4.96. The number of nitrogens with zero attached hydrogens (tertiary/aromatic N) is 3. The van der Waals surface area contributed by atoms with Crippen molar-refractivity contribution in [3.05, 3.63) is 57.9 Å². The second-order valence-corrected chi connectivity index (χ2v) is 7.14. The van der Waals surface area contributed by atoms with Crippen molar-refractivity contribution in [1.82, 2.24) is 9.38 Å². The van der Waals surface area contributed by atoms with Crippen LogP contribution in [0.5, 0.6) is 5.75 Å². The van der Waals surface area contributed by atoms with E-state index in [9.17, 15) is 4.79 Å². The highest BCUT2D eigenvalue weighted by Gasteiger charge is 2.25. The number of carbonyl (C=O) groups excluding carboxylic acids is 1. The lowest BCUT2D eigenvalue weighted by atomic mass is 10.2. The molecule has 138 valence electrons. The normalized spacial score (nSPS) is 15.4. The van der Waals surface area contributed by atoms with E-state index in [-0.39, 0.29) is 11.6 Å². The monoisotopic (exact) mass is 401 g/mol. The van der Waals surface area contributed by atoms with Crippen LogP contribution in [0.2, 0.25) is 5.15 Å². The molecule has 0 saturated heterocycles. The second kappa shape index (κ2) is 7.54. The Bertz CT molecular complexity index is 1050. The number of ether oxygens (including phenoxy) is 2. The molecule has 0 bridgehead atoms. The second-order valence-electron chi connectivity index (χ2n) is 5.91. The van der Waals surface area contributed by atoms with E-state index in [2.05, 4.69) is 16.9 Å². The Morgan fingerprint density at radius 2 is 2.15 bits per heavy atom. The van der Waals surface area contributed by atoms with E-state index in [4.69, 9.17) is 21.1 Å². The van der Waals surface area contributed by atoms with Gasteiger partial charge in [0, 0.05) is 17.1 Å². The number of carbonyl (C=O) groups is 1. The molecule has 27 heavy (non-hydrogen) atoms. The van der Waals surface area contributed by atoms with Gasteiger partial charge < -0.3 is 9.47 Å². The SMILES string of the molecule is CCCCOc1ccc(C2=NC(=Cc3c(Cl)nc4sccn34)C(=O)O2)cc1. The minimum absolute atomic E-state index is 0.183. The van der Waals surface area contributed by atoms with Gasteiger partial charge in [0.15, 0.2) is 15.8 Å². The molecule has 6 nitrogen and oxygen atoms in total. The van der Waals surface area contributed by atoms with Gasteiger partial charge in [-0.2, -0.15) is 0 Å². The van der Waals surface area contributed by atoms with Gasteiger partial charge in [-0.3, -0.25) is 4.40 Å². The van der Waals surface area contributed by atoms with Gasteiger partial charge in [-0.25, -0.2) is 14.8 Å². The molecule has 8 heteroatoms. The molecule has 0 radical (unpaired) electrons. The van der Waals surface area contributed by atoms with Crippen LogP contribution < -0.4 is 4.74 Å². The topological polar surface area (TPSA) is 65.2 Å². The molecule has 3 aromatic rings. The van der Waals surface area contributed by atoms with Crippen LogP contribution in [-0.2, 0) is 9.53 Å². The van der Waals surface area contributed by atoms with Crippen molar-refractivity contribution in [2.75, 3.05) is 6.61 Å². The van der Waals surface area contributed by atoms with E-state index in [0.29, 0.717) is 23.0 Å². The third kappa shape index (κ3) is 3.61. The van der Waals surface area contributed by atoms with Crippen molar-refractivity contribution in [3.63, 3.8) is 0 Å². The maximum Gasteiger partial charge on any atom is 0.363 e. The number of benzene rings is 1. The predicted molar refractivity (Wildman–Crippen MR) is 106 cm³/mol. The van der Waals surface area contributed by atoms with Gasteiger partial charge in [-0.15, -0.1) is 11.3 Å². The van der Waals surface area contributed by atoms with Crippen molar-refractivity contribution in [1.29, 1.82) is 0 Å². The number of hydrogen-bond donors (Lipinski definition) is 0. The molecule has 1 aromatic carbocycles. The van der Waals surface area contributed by atoms with Gasteiger partial charge >= 0.3 is 5.97 Å². The first-order valence-electron chi connectivity index (χ1n) is 8.52. The van der Waals surface area contributed by atoms with Crippen LogP contribution in [0.3, 0.4) is 0 Å². The van der Waals surface area contributed by atoms with E-state index in [1.807, 2.05) is 40.2 Å². The van der Waals surface area contributed by atoms with Crippen LogP contribution in [0.15, 0.2) is 46.5 Å². The average Bonchev–Trinajstić information content (AvgIpc) is 3.33. The summed E-state index contributed by atoms with van der Waals surface area (Å²) in [6.45, 7) is 2.80. The summed E-state index contributed by atoms with van der Waals surface area (Å²) < 4.78 is 12.8. The summed E-state index contributed by atoms with van der Waals surface area (Å²) in [5.74, 6) is 0.516. The summed E-state index contributed by atoms with van der Waals surface area (Å²) in [6.07, 6.45) is 5.52. The number of cyclic esters (lactones) is 1. The Morgan fingerprint density at radius 1 is 1.33 bits per heavy atom. The molecule has 0 fully saturated rings. The van der Waals surface area contributed by atoms with Crippen LogP contribution in [0, 0.1) is 0 Å². The fourth-order valence-corrected chi connectivity index (χ4v) is 3.59. The van der Waals surface area contributed by atoms with Gasteiger partial charge in [0.1, 0.15) is 5.75 Å². The van der Waals surface area contributed by atoms with Crippen LogP contribution in [0.4, 0.5) is 0 Å². The summed E-state index contributed by atoms with van der Waals surface area (Å²) in [4.78, 5) is 21.5. The maximum absolute atomic E-state index is 12.2. The summed E-state index contributed by atoms with van der Waals surface area (Å²) >= 11 is 7.63. The van der Waals surface area contributed by atoms with Gasteiger partial charge in [-0.05, 0) is 36.8 Å². The molecule has 0 N–H and O–H groups in total. The van der Waals surface area contributed by atoms with Gasteiger partial charge in [0.2, 0.25) is 5.90 Å². The number of rotatable bonds is 6. The maximum atomic E-state index is 12.2. The highest BCUT2D eigenvalue weighted by molar-refractivity contribution is 7.15. The van der Waals surface area contributed by atoms with Crippen molar-refractivity contribution < 1.29 is 14.3 Å². The Labute approximate surface area is 164 Å². The van der Waals surface area contributed by atoms with E-state index in [1.54, 1.807) is 6.08 Å². The third-order valence-electron chi connectivity index (χ3n) is 4.02. The zero-order chi connectivity index (χ0) is 18.8. The summed E-state index contributed by atoms with van der Waals surface area (Å²) in [6, 6.07) is 7.32. The molecule has 0 amide bonds. The van der Waals surface area contributed by atoms with Crippen molar-refractivity contribution in [2.24, 2.45) is 4.99 Å². The predicted octanol–water partition coefficient (Wildman–Crippen LogP) is 4.57. The molecule has 0 unspecified atom stereocenters. The van der Waals surface area contributed by atoms with E-state index >= 15 is 0 Å². The number of aliphatic imine (C=N–C) groups is 1. The Morgan fingerprint density at radius 3 is 2.93 bits per heavy atom. The largest absolute Gasteiger partial charge is 0.494 e. The molecule has 0 saturated carbocycles. The Hall–Kier alpha value is -2.64. The summed E-state index contributed by atoms with van der Waals surface area (Å²) in [7, 11) is 0. The van der Waals surface area contributed by atoms with Gasteiger partial charge in [0.05, 0.1) is 12.3 Å². The molecular formula is C19H16ClN3O3S. The number of aromatic nitrogens is 2.